The van der Waals surface area contributed by atoms with Crippen LogP contribution in [-0.2, 0) is 0 Å². The molecule has 0 fully saturated rings. The number of halogens is 4. The van der Waals surface area contributed by atoms with Crippen LogP contribution in [0, 0.1) is 5.95 Å². The van der Waals surface area contributed by atoms with Crippen LogP contribution in [0.25, 0.3) is 0 Å². The molecule has 1 aromatic heterocycles. The first-order valence-corrected chi connectivity index (χ1v) is 3.49. The molecule has 0 amide bonds. The van der Waals surface area contributed by atoms with E-state index in [4.69, 9.17) is 0 Å². The second-order valence-corrected chi connectivity index (χ2v) is 2.75. The number of hydrogen-bond donors (Lipinski definition) is 0. The zero-order chi connectivity index (χ0) is 8.43. The van der Waals surface area contributed by atoms with Crippen molar-refractivity contribution in [3.05, 3.63) is 28.2 Å². The van der Waals surface area contributed by atoms with E-state index in [2.05, 4.69) is 20.9 Å². The Morgan fingerprint density at radius 1 is 1.45 bits per heavy atom. The van der Waals surface area contributed by atoms with E-state index in [9.17, 15) is 13.2 Å². The van der Waals surface area contributed by atoms with Crippen molar-refractivity contribution >= 4 is 15.9 Å². The average molecular weight is 226 g/mol. The molecule has 0 aliphatic rings. The molecule has 1 heterocycles. The molecule has 0 bridgehead atoms. The lowest BCUT2D eigenvalue weighted by atomic mass is 10.3. The summed E-state index contributed by atoms with van der Waals surface area (Å²) in [7, 11) is 0. The van der Waals surface area contributed by atoms with Crippen molar-refractivity contribution in [3.63, 3.8) is 0 Å². The van der Waals surface area contributed by atoms with Crippen molar-refractivity contribution in [2.24, 2.45) is 0 Å². The molecule has 1 aromatic rings. The van der Waals surface area contributed by atoms with E-state index >= 15 is 0 Å². The number of rotatable bonds is 1. The first-order chi connectivity index (χ1) is 5.11. The zero-order valence-corrected chi connectivity index (χ0v) is 6.78. The molecule has 0 aromatic carbocycles. The van der Waals surface area contributed by atoms with Crippen LogP contribution in [0.4, 0.5) is 13.2 Å². The molecule has 0 unspecified atom stereocenters. The minimum absolute atomic E-state index is 0.342. The Morgan fingerprint density at radius 3 is 2.55 bits per heavy atom. The van der Waals surface area contributed by atoms with E-state index in [0.717, 1.165) is 12.3 Å². The van der Waals surface area contributed by atoms with Crippen molar-refractivity contribution in [2.45, 2.75) is 6.43 Å². The lowest BCUT2D eigenvalue weighted by Crippen LogP contribution is -1.93. The third-order valence-corrected chi connectivity index (χ3v) is 1.50. The monoisotopic (exact) mass is 225 g/mol. The maximum atomic E-state index is 12.4. The summed E-state index contributed by atoms with van der Waals surface area (Å²) >= 11 is 2.90. The molecule has 1 rings (SSSR count). The minimum Gasteiger partial charge on any atom is -0.227 e. The molecule has 0 saturated heterocycles. The van der Waals surface area contributed by atoms with Gasteiger partial charge in [-0.2, -0.15) is 4.39 Å². The minimum atomic E-state index is -2.82. The molecule has 0 saturated carbocycles. The van der Waals surface area contributed by atoms with Crippen LogP contribution in [0.5, 0.6) is 0 Å². The molecule has 1 nitrogen and oxygen atoms in total. The van der Waals surface area contributed by atoms with Crippen LogP contribution in [0.15, 0.2) is 16.7 Å². The van der Waals surface area contributed by atoms with Crippen molar-refractivity contribution in [2.75, 3.05) is 0 Å². The summed E-state index contributed by atoms with van der Waals surface area (Å²) in [6.45, 7) is 0. The van der Waals surface area contributed by atoms with Gasteiger partial charge in [-0.15, -0.1) is 0 Å². The first kappa shape index (κ1) is 8.52. The smallest absolute Gasteiger partial charge is 0.227 e. The molecule has 0 atom stereocenters. The van der Waals surface area contributed by atoms with Crippen molar-refractivity contribution in [3.8, 4) is 0 Å². The summed E-state index contributed by atoms with van der Waals surface area (Å²) in [6, 6.07) is 1.01. The van der Waals surface area contributed by atoms with Crippen LogP contribution in [0.2, 0.25) is 0 Å². The highest BCUT2D eigenvalue weighted by atomic mass is 79.9. The summed E-state index contributed by atoms with van der Waals surface area (Å²) in [5.74, 6) is -1.12. The zero-order valence-electron chi connectivity index (χ0n) is 5.19. The predicted octanol–water partition coefficient (Wildman–Crippen LogP) is 2.92. The van der Waals surface area contributed by atoms with Gasteiger partial charge in [0, 0.05) is 10.7 Å². The fraction of sp³-hybridized carbons (Fsp3) is 0.167. The third-order valence-electron chi connectivity index (χ3n) is 1.07. The maximum Gasteiger partial charge on any atom is 0.268 e. The van der Waals surface area contributed by atoms with Gasteiger partial charge in [0.05, 0.1) is 5.56 Å². The van der Waals surface area contributed by atoms with Crippen LogP contribution in [0.1, 0.15) is 12.0 Å². The van der Waals surface area contributed by atoms with E-state index < -0.39 is 17.9 Å². The van der Waals surface area contributed by atoms with Gasteiger partial charge in [0.15, 0.2) is 0 Å². The topological polar surface area (TPSA) is 12.9 Å². The SMILES string of the molecule is Fc1ncc(Br)cc1C(F)F. The lowest BCUT2D eigenvalue weighted by molar-refractivity contribution is 0.145. The quantitative estimate of drug-likeness (QED) is 0.671. The summed E-state index contributed by atoms with van der Waals surface area (Å²) < 4.78 is 36.6. The molecule has 0 aliphatic heterocycles. The molecule has 60 valence electrons. The van der Waals surface area contributed by atoms with E-state index in [1.54, 1.807) is 0 Å². The second-order valence-electron chi connectivity index (χ2n) is 1.83. The Labute approximate surface area is 69.4 Å². The van der Waals surface area contributed by atoms with Gasteiger partial charge in [0.25, 0.3) is 6.43 Å². The van der Waals surface area contributed by atoms with Crippen LogP contribution < -0.4 is 0 Å². The largest absolute Gasteiger partial charge is 0.268 e. The fourth-order valence-corrected chi connectivity index (χ4v) is 0.940. The van der Waals surface area contributed by atoms with Crippen LogP contribution >= 0.6 is 15.9 Å². The van der Waals surface area contributed by atoms with E-state index in [1.807, 2.05) is 0 Å². The maximum absolute atomic E-state index is 12.4. The van der Waals surface area contributed by atoms with Gasteiger partial charge in [0.2, 0.25) is 5.95 Å². The standard InChI is InChI=1S/C6H3BrF3N/c7-3-1-4(5(8)9)6(10)11-2-3/h1-2,5H. The predicted molar refractivity (Wildman–Crippen MR) is 36.9 cm³/mol. The Hall–Kier alpha value is -0.580. The Balaban J connectivity index is 3.13. The average Bonchev–Trinajstić information content (AvgIpc) is 1.94. The fourth-order valence-electron chi connectivity index (χ4n) is 0.591. The van der Waals surface area contributed by atoms with Gasteiger partial charge in [-0.1, -0.05) is 0 Å². The summed E-state index contributed by atoms with van der Waals surface area (Å²) in [4.78, 5) is 3.11. The first-order valence-electron chi connectivity index (χ1n) is 2.70. The van der Waals surface area contributed by atoms with E-state index in [1.165, 1.54) is 0 Å². The second kappa shape index (κ2) is 3.21. The van der Waals surface area contributed by atoms with Gasteiger partial charge in [-0.3, -0.25) is 0 Å². The highest BCUT2D eigenvalue weighted by Gasteiger charge is 2.13. The van der Waals surface area contributed by atoms with Crippen LogP contribution in [0.3, 0.4) is 0 Å². The van der Waals surface area contributed by atoms with Crippen molar-refractivity contribution < 1.29 is 13.2 Å². The lowest BCUT2D eigenvalue weighted by Gasteiger charge is -1.99. The Kier molecular flexibility index (Phi) is 2.49. The molecule has 0 radical (unpaired) electrons. The summed E-state index contributed by atoms with van der Waals surface area (Å²) in [6.07, 6.45) is -1.69. The number of aromatic nitrogens is 1. The van der Waals surface area contributed by atoms with Gasteiger partial charge in [0.1, 0.15) is 0 Å². The van der Waals surface area contributed by atoms with Gasteiger partial charge in [-0.25, -0.2) is 13.8 Å². The van der Waals surface area contributed by atoms with Gasteiger partial charge >= 0.3 is 0 Å². The normalized spacial score (nSPS) is 10.6. The van der Waals surface area contributed by atoms with Crippen LogP contribution in [-0.4, -0.2) is 4.98 Å². The highest BCUT2D eigenvalue weighted by molar-refractivity contribution is 9.10. The highest BCUT2D eigenvalue weighted by Crippen LogP contribution is 2.23. The van der Waals surface area contributed by atoms with Crippen molar-refractivity contribution in [1.82, 2.24) is 4.98 Å². The van der Waals surface area contributed by atoms with E-state index in [0.29, 0.717) is 4.47 Å². The molecular weight excluding hydrogens is 223 g/mol. The summed E-state index contributed by atoms with van der Waals surface area (Å²) in [5, 5.41) is 0. The Bertz CT molecular complexity index is 264. The van der Waals surface area contributed by atoms with Gasteiger partial charge < -0.3 is 0 Å². The van der Waals surface area contributed by atoms with Crippen molar-refractivity contribution in [1.29, 1.82) is 0 Å². The number of nitrogens with zero attached hydrogens (tertiary/aromatic N) is 1. The summed E-state index contributed by atoms with van der Waals surface area (Å²) in [5.41, 5.74) is -0.681. The number of hydrogen-bond acceptors (Lipinski definition) is 1. The molecule has 0 spiro atoms. The molecular formula is C6H3BrF3N. The molecule has 5 heteroatoms. The molecule has 0 aliphatic carbocycles. The third kappa shape index (κ3) is 1.92. The Morgan fingerprint density at radius 2 is 2.09 bits per heavy atom. The van der Waals surface area contributed by atoms with Gasteiger partial charge in [-0.05, 0) is 22.0 Å². The van der Waals surface area contributed by atoms with E-state index in [-0.39, 0.29) is 0 Å². The number of pyridine rings is 1. The number of alkyl halides is 2. The molecule has 0 N–H and O–H groups in total. The molecule has 11 heavy (non-hydrogen) atoms.